The zero-order valence-corrected chi connectivity index (χ0v) is 13.9. The van der Waals surface area contributed by atoms with Gasteiger partial charge in [0.2, 0.25) is 9.84 Å². The lowest BCUT2D eigenvalue weighted by molar-refractivity contribution is 0.0696. The number of carbonyl (C=O) groups is 1. The Bertz CT molecular complexity index is 1050. The largest absolute Gasteiger partial charge is 0.478 e. The Kier molecular flexibility index (Phi) is 4.18. The highest BCUT2D eigenvalue weighted by Crippen LogP contribution is 2.36. The zero-order valence-electron chi connectivity index (χ0n) is 13.1. The number of carboxylic acid groups (broad SMARTS) is 1. The van der Waals surface area contributed by atoms with Crippen molar-refractivity contribution in [2.24, 2.45) is 0 Å². The van der Waals surface area contributed by atoms with Gasteiger partial charge in [0, 0.05) is 11.1 Å². The van der Waals surface area contributed by atoms with E-state index in [1.165, 1.54) is 55.8 Å². The molecule has 0 aliphatic carbocycles. The van der Waals surface area contributed by atoms with Crippen LogP contribution in [0.15, 0.2) is 69.2 Å². The summed E-state index contributed by atoms with van der Waals surface area (Å²) in [4.78, 5) is 10.7. The average Bonchev–Trinajstić information content (AvgIpc) is 3.08. The van der Waals surface area contributed by atoms with Crippen molar-refractivity contribution < 1.29 is 27.1 Å². The van der Waals surface area contributed by atoms with E-state index in [1.807, 2.05) is 0 Å². The number of rotatable bonds is 4. The van der Waals surface area contributed by atoms with Crippen LogP contribution >= 0.6 is 0 Å². The van der Waals surface area contributed by atoms with Gasteiger partial charge >= 0.3 is 5.97 Å². The molecule has 0 aliphatic rings. The van der Waals surface area contributed by atoms with Crippen molar-refractivity contribution in [2.75, 3.05) is 0 Å². The lowest BCUT2D eigenvalue weighted by Crippen LogP contribution is -2.10. The summed E-state index contributed by atoms with van der Waals surface area (Å²) >= 11 is 0. The van der Waals surface area contributed by atoms with Gasteiger partial charge in [-0.2, -0.15) is 0 Å². The van der Waals surface area contributed by atoms with E-state index in [0.717, 1.165) is 6.07 Å². The molecule has 1 heterocycles. The lowest BCUT2D eigenvalue weighted by Gasteiger charge is -2.14. The molecule has 0 unspecified atom stereocenters. The minimum Gasteiger partial charge on any atom is -0.478 e. The quantitative estimate of drug-likeness (QED) is 0.762. The smallest absolute Gasteiger partial charge is 0.335 e. The van der Waals surface area contributed by atoms with E-state index >= 15 is 0 Å². The first-order valence-electron chi connectivity index (χ1n) is 7.23. The molecule has 0 bridgehead atoms. The summed E-state index contributed by atoms with van der Waals surface area (Å²) in [5, 5.41) is 9.31. The Morgan fingerprint density at radius 2 is 1.80 bits per heavy atom. The molecule has 3 aromatic rings. The monoisotopic (exact) mass is 360 g/mol. The van der Waals surface area contributed by atoms with E-state index in [2.05, 4.69) is 0 Å². The van der Waals surface area contributed by atoms with Crippen LogP contribution < -0.4 is 0 Å². The van der Waals surface area contributed by atoms with E-state index < -0.39 is 26.5 Å². The van der Waals surface area contributed by atoms with Gasteiger partial charge in [0.1, 0.15) is 10.7 Å². The third kappa shape index (κ3) is 2.83. The van der Waals surface area contributed by atoms with E-state index in [-0.39, 0.29) is 21.6 Å². The second kappa shape index (κ2) is 6.18. The van der Waals surface area contributed by atoms with Crippen molar-refractivity contribution in [3.63, 3.8) is 0 Å². The van der Waals surface area contributed by atoms with Crippen molar-refractivity contribution in [1.82, 2.24) is 0 Å². The number of sulfone groups is 1. The molecular weight excluding hydrogens is 347 g/mol. The molecule has 1 aromatic heterocycles. The minimum atomic E-state index is -4.20. The van der Waals surface area contributed by atoms with Crippen molar-refractivity contribution >= 4 is 15.8 Å². The molecular formula is C18H13FO5S. The van der Waals surface area contributed by atoms with Crippen LogP contribution in [0.1, 0.15) is 15.9 Å². The van der Waals surface area contributed by atoms with Crippen LogP contribution in [-0.4, -0.2) is 19.5 Å². The number of carboxylic acids is 1. The predicted octanol–water partition coefficient (Wildman–Crippen LogP) is 3.93. The van der Waals surface area contributed by atoms with Crippen LogP contribution in [0.5, 0.6) is 0 Å². The van der Waals surface area contributed by atoms with Gasteiger partial charge in [0.05, 0.1) is 23.0 Å². The number of furan rings is 1. The highest BCUT2D eigenvalue weighted by molar-refractivity contribution is 7.91. The molecule has 7 heteroatoms. The number of hydrogen-bond acceptors (Lipinski definition) is 4. The molecule has 1 N–H and O–H groups in total. The SMILES string of the molecule is Cc1c(C(=O)O)ccc(S(=O)(=O)c2ccccc2F)c1-c1ccoc1. The van der Waals surface area contributed by atoms with Gasteiger partial charge in [0.25, 0.3) is 0 Å². The van der Waals surface area contributed by atoms with Gasteiger partial charge in [-0.3, -0.25) is 0 Å². The van der Waals surface area contributed by atoms with E-state index in [1.54, 1.807) is 0 Å². The maximum atomic E-state index is 14.1. The number of halogens is 1. The van der Waals surface area contributed by atoms with Crippen molar-refractivity contribution in [3.8, 4) is 11.1 Å². The van der Waals surface area contributed by atoms with E-state index in [4.69, 9.17) is 4.42 Å². The fourth-order valence-electron chi connectivity index (χ4n) is 2.69. The molecule has 2 aromatic carbocycles. The molecule has 0 amide bonds. The van der Waals surface area contributed by atoms with Gasteiger partial charge in [-0.15, -0.1) is 0 Å². The summed E-state index contributed by atoms with van der Waals surface area (Å²) in [5.41, 5.74) is 0.794. The Morgan fingerprint density at radius 1 is 1.08 bits per heavy atom. The maximum Gasteiger partial charge on any atom is 0.335 e. The van der Waals surface area contributed by atoms with Gasteiger partial charge in [-0.05, 0) is 42.8 Å². The third-order valence-electron chi connectivity index (χ3n) is 3.88. The molecule has 3 rings (SSSR count). The van der Waals surface area contributed by atoms with Crippen LogP contribution in [0.2, 0.25) is 0 Å². The number of hydrogen-bond donors (Lipinski definition) is 1. The summed E-state index contributed by atoms with van der Waals surface area (Å²) in [6, 6.07) is 8.95. The molecule has 0 atom stereocenters. The summed E-state index contributed by atoms with van der Waals surface area (Å²) in [6.45, 7) is 1.51. The Labute approximate surface area is 143 Å². The average molecular weight is 360 g/mol. The first kappa shape index (κ1) is 16.9. The van der Waals surface area contributed by atoms with E-state index in [0.29, 0.717) is 5.56 Å². The second-order valence-electron chi connectivity index (χ2n) is 5.36. The minimum absolute atomic E-state index is 0.0383. The Morgan fingerprint density at radius 3 is 2.40 bits per heavy atom. The normalized spacial score (nSPS) is 11.4. The Balaban J connectivity index is 2.36. The summed E-state index contributed by atoms with van der Waals surface area (Å²) in [5.74, 6) is -2.06. The molecule has 25 heavy (non-hydrogen) atoms. The molecule has 128 valence electrons. The maximum absolute atomic E-state index is 14.1. The van der Waals surface area contributed by atoms with Crippen LogP contribution in [0.25, 0.3) is 11.1 Å². The van der Waals surface area contributed by atoms with Gasteiger partial charge in [-0.25, -0.2) is 17.6 Å². The highest BCUT2D eigenvalue weighted by atomic mass is 32.2. The van der Waals surface area contributed by atoms with Crippen LogP contribution in [-0.2, 0) is 9.84 Å². The van der Waals surface area contributed by atoms with Crippen LogP contribution in [0.3, 0.4) is 0 Å². The predicted molar refractivity (Wildman–Crippen MR) is 87.7 cm³/mol. The zero-order chi connectivity index (χ0) is 18.2. The summed E-state index contributed by atoms with van der Waals surface area (Å²) in [6.07, 6.45) is 2.66. The van der Waals surface area contributed by atoms with Crippen LogP contribution in [0, 0.1) is 12.7 Å². The number of benzene rings is 2. The van der Waals surface area contributed by atoms with Crippen LogP contribution in [0.4, 0.5) is 4.39 Å². The molecule has 0 saturated carbocycles. The van der Waals surface area contributed by atoms with Crippen molar-refractivity contribution in [2.45, 2.75) is 16.7 Å². The molecule has 5 nitrogen and oxygen atoms in total. The van der Waals surface area contributed by atoms with Crippen molar-refractivity contribution in [1.29, 1.82) is 0 Å². The summed E-state index contributed by atoms with van der Waals surface area (Å²) in [7, 11) is -4.20. The molecule has 0 spiro atoms. The van der Waals surface area contributed by atoms with Gasteiger partial charge < -0.3 is 9.52 Å². The molecule has 0 radical (unpaired) electrons. The highest BCUT2D eigenvalue weighted by Gasteiger charge is 2.28. The first-order chi connectivity index (χ1) is 11.8. The van der Waals surface area contributed by atoms with E-state index in [9.17, 15) is 22.7 Å². The van der Waals surface area contributed by atoms with Crippen molar-refractivity contribution in [3.05, 3.63) is 71.9 Å². The summed E-state index contributed by atoms with van der Waals surface area (Å²) < 4.78 is 45.0. The third-order valence-corrected chi connectivity index (χ3v) is 5.71. The molecule has 0 aliphatic heterocycles. The molecule has 0 saturated heterocycles. The Hall–Kier alpha value is -2.93. The first-order valence-corrected chi connectivity index (χ1v) is 8.71. The second-order valence-corrected chi connectivity index (χ2v) is 7.25. The fraction of sp³-hybridized carbons (Fsp3) is 0.0556. The van der Waals surface area contributed by atoms with Gasteiger partial charge in [0.15, 0.2) is 0 Å². The lowest BCUT2D eigenvalue weighted by atomic mass is 9.98. The molecule has 0 fully saturated rings. The fourth-order valence-corrected chi connectivity index (χ4v) is 4.30. The standard InChI is InChI=1S/C18H13FO5S/c1-11-13(18(20)21)6-7-16(17(11)12-8-9-24-10-12)25(22,23)15-5-3-2-4-14(15)19/h2-10H,1H3,(H,20,21). The number of aromatic carboxylic acids is 1. The van der Waals surface area contributed by atoms with Gasteiger partial charge in [-0.1, -0.05) is 12.1 Å². The topological polar surface area (TPSA) is 84.6 Å².